The second-order valence-corrected chi connectivity index (χ2v) is 3.60. The van der Waals surface area contributed by atoms with Gasteiger partial charge in [-0.05, 0) is 24.1 Å². The molecule has 0 spiro atoms. The number of nitrogens with one attached hydrogen (secondary N) is 1. The Balaban J connectivity index is 2.85. The van der Waals surface area contributed by atoms with E-state index in [9.17, 15) is 0 Å². The molecule has 0 fully saturated rings. The Morgan fingerprint density at radius 2 is 2.31 bits per heavy atom. The zero-order chi connectivity index (χ0) is 12.0. The standard InChI is InChI=1S/C13H18N2O/c1-4-7-15-12(9-14)11-5-6-13(16-3)10(2)8-11/h1,5-6,8,12,15H,7,9,14H2,2-3H3. The molecule has 3 N–H and O–H groups in total. The van der Waals surface area contributed by atoms with Crippen LogP contribution in [0, 0.1) is 19.3 Å². The molecule has 0 radical (unpaired) electrons. The Morgan fingerprint density at radius 3 is 2.81 bits per heavy atom. The molecule has 1 unspecified atom stereocenters. The Labute approximate surface area is 97.0 Å². The van der Waals surface area contributed by atoms with Gasteiger partial charge in [0.1, 0.15) is 5.75 Å². The summed E-state index contributed by atoms with van der Waals surface area (Å²) in [4.78, 5) is 0. The molecule has 1 rings (SSSR count). The molecule has 0 aromatic heterocycles. The minimum absolute atomic E-state index is 0.0978. The van der Waals surface area contributed by atoms with Crippen LogP contribution in [0.2, 0.25) is 0 Å². The Kier molecular flexibility index (Phi) is 4.84. The number of hydrogen-bond acceptors (Lipinski definition) is 3. The molecule has 0 heterocycles. The van der Waals surface area contributed by atoms with Gasteiger partial charge in [0.05, 0.1) is 13.7 Å². The van der Waals surface area contributed by atoms with Crippen molar-refractivity contribution in [2.24, 2.45) is 5.73 Å². The summed E-state index contributed by atoms with van der Waals surface area (Å²) < 4.78 is 5.21. The van der Waals surface area contributed by atoms with Crippen molar-refractivity contribution in [2.75, 3.05) is 20.2 Å². The molecule has 1 atom stereocenters. The van der Waals surface area contributed by atoms with Crippen LogP contribution in [0.15, 0.2) is 18.2 Å². The van der Waals surface area contributed by atoms with Crippen molar-refractivity contribution >= 4 is 0 Å². The zero-order valence-corrected chi connectivity index (χ0v) is 9.79. The summed E-state index contributed by atoms with van der Waals surface area (Å²) in [6.07, 6.45) is 5.21. The second-order valence-electron chi connectivity index (χ2n) is 3.60. The van der Waals surface area contributed by atoms with Crippen molar-refractivity contribution in [1.29, 1.82) is 0 Å². The first-order valence-electron chi connectivity index (χ1n) is 5.24. The van der Waals surface area contributed by atoms with Gasteiger partial charge < -0.3 is 10.5 Å². The average molecular weight is 218 g/mol. The zero-order valence-electron chi connectivity index (χ0n) is 9.79. The van der Waals surface area contributed by atoms with E-state index in [-0.39, 0.29) is 6.04 Å². The molecule has 0 aliphatic heterocycles. The summed E-state index contributed by atoms with van der Waals surface area (Å²) in [7, 11) is 1.67. The molecule has 0 saturated carbocycles. The van der Waals surface area contributed by atoms with E-state index >= 15 is 0 Å². The number of benzene rings is 1. The minimum atomic E-state index is 0.0978. The van der Waals surface area contributed by atoms with E-state index in [0.29, 0.717) is 13.1 Å². The number of ether oxygens (including phenoxy) is 1. The highest BCUT2D eigenvalue weighted by Crippen LogP contribution is 2.21. The van der Waals surface area contributed by atoms with E-state index in [2.05, 4.69) is 17.3 Å². The van der Waals surface area contributed by atoms with Crippen LogP contribution in [0.4, 0.5) is 0 Å². The van der Waals surface area contributed by atoms with Gasteiger partial charge in [-0.2, -0.15) is 0 Å². The lowest BCUT2D eigenvalue weighted by Gasteiger charge is -2.17. The van der Waals surface area contributed by atoms with Gasteiger partial charge in [-0.15, -0.1) is 6.42 Å². The van der Waals surface area contributed by atoms with E-state index in [4.69, 9.17) is 16.9 Å². The van der Waals surface area contributed by atoms with Crippen LogP contribution in [-0.4, -0.2) is 20.2 Å². The molecule has 0 aliphatic carbocycles. The summed E-state index contributed by atoms with van der Waals surface area (Å²) in [5, 5.41) is 3.20. The smallest absolute Gasteiger partial charge is 0.121 e. The summed E-state index contributed by atoms with van der Waals surface area (Å²) in [5.41, 5.74) is 7.94. The Bertz CT molecular complexity index is 382. The third-order valence-corrected chi connectivity index (χ3v) is 2.51. The first-order chi connectivity index (χ1) is 7.72. The summed E-state index contributed by atoms with van der Waals surface area (Å²) in [5.74, 6) is 3.43. The van der Waals surface area contributed by atoms with E-state index in [1.54, 1.807) is 7.11 Å². The lowest BCUT2D eigenvalue weighted by molar-refractivity contribution is 0.411. The largest absolute Gasteiger partial charge is 0.496 e. The maximum absolute atomic E-state index is 5.70. The molecule has 1 aromatic rings. The molecule has 0 saturated heterocycles. The van der Waals surface area contributed by atoms with Gasteiger partial charge in [0.15, 0.2) is 0 Å². The van der Waals surface area contributed by atoms with Gasteiger partial charge in [-0.1, -0.05) is 18.1 Å². The van der Waals surface area contributed by atoms with Gasteiger partial charge in [-0.3, -0.25) is 5.32 Å². The molecular formula is C13H18N2O. The third-order valence-electron chi connectivity index (χ3n) is 2.51. The predicted molar refractivity (Wildman–Crippen MR) is 66.4 cm³/mol. The van der Waals surface area contributed by atoms with Crippen LogP contribution < -0.4 is 15.8 Å². The highest BCUT2D eigenvalue weighted by molar-refractivity contribution is 5.37. The van der Waals surface area contributed by atoms with Crippen molar-refractivity contribution in [3.63, 3.8) is 0 Å². The van der Waals surface area contributed by atoms with Gasteiger partial charge in [0.2, 0.25) is 0 Å². The van der Waals surface area contributed by atoms with Gasteiger partial charge >= 0.3 is 0 Å². The van der Waals surface area contributed by atoms with Crippen LogP contribution in [-0.2, 0) is 0 Å². The first-order valence-corrected chi connectivity index (χ1v) is 5.24. The van der Waals surface area contributed by atoms with E-state index in [1.807, 2.05) is 19.1 Å². The fourth-order valence-electron chi connectivity index (χ4n) is 1.64. The lowest BCUT2D eigenvalue weighted by atomic mass is 10.0. The van der Waals surface area contributed by atoms with Crippen molar-refractivity contribution < 1.29 is 4.74 Å². The molecule has 0 aliphatic rings. The number of nitrogens with two attached hydrogens (primary N) is 1. The number of terminal acetylenes is 1. The van der Waals surface area contributed by atoms with Crippen LogP contribution >= 0.6 is 0 Å². The monoisotopic (exact) mass is 218 g/mol. The summed E-state index contributed by atoms with van der Waals surface area (Å²) in [6.45, 7) is 3.05. The fourth-order valence-corrected chi connectivity index (χ4v) is 1.64. The highest BCUT2D eigenvalue weighted by Gasteiger charge is 2.09. The number of hydrogen-bond donors (Lipinski definition) is 2. The van der Waals surface area contributed by atoms with E-state index in [1.165, 1.54) is 0 Å². The van der Waals surface area contributed by atoms with Crippen molar-refractivity contribution in [3.05, 3.63) is 29.3 Å². The van der Waals surface area contributed by atoms with Crippen molar-refractivity contribution in [1.82, 2.24) is 5.32 Å². The van der Waals surface area contributed by atoms with E-state index < -0.39 is 0 Å². The third kappa shape index (κ3) is 2.99. The highest BCUT2D eigenvalue weighted by atomic mass is 16.5. The van der Waals surface area contributed by atoms with Gasteiger partial charge in [0, 0.05) is 12.6 Å². The maximum atomic E-state index is 5.70. The number of aryl methyl sites for hydroxylation is 1. The molecule has 3 nitrogen and oxygen atoms in total. The molecular weight excluding hydrogens is 200 g/mol. The maximum Gasteiger partial charge on any atom is 0.121 e. The van der Waals surface area contributed by atoms with Gasteiger partial charge in [-0.25, -0.2) is 0 Å². The van der Waals surface area contributed by atoms with E-state index in [0.717, 1.165) is 16.9 Å². The van der Waals surface area contributed by atoms with Crippen molar-refractivity contribution in [2.45, 2.75) is 13.0 Å². The van der Waals surface area contributed by atoms with Crippen LogP contribution in [0.5, 0.6) is 5.75 Å². The second kappa shape index (κ2) is 6.16. The molecule has 1 aromatic carbocycles. The summed E-state index contributed by atoms with van der Waals surface area (Å²) >= 11 is 0. The summed E-state index contributed by atoms with van der Waals surface area (Å²) in [6, 6.07) is 6.12. The topological polar surface area (TPSA) is 47.3 Å². The minimum Gasteiger partial charge on any atom is -0.496 e. The Morgan fingerprint density at radius 1 is 1.56 bits per heavy atom. The fraction of sp³-hybridized carbons (Fsp3) is 0.385. The number of rotatable bonds is 5. The Hall–Kier alpha value is -1.50. The molecule has 3 heteroatoms. The predicted octanol–water partition coefficient (Wildman–Crippen LogP) is 1.23. The average Bonchev–Trinajstić information content (AvgIpc) is 2.30. The number of methoxy groups -OCH3 is 1. The molecule has 0 amide bonds. The molecule has 16 heavy (non-hydrogen) atoms. The molecule has 86 valence electrons. The molecule has 0 bridgehead atoms. The van der Waals surface area contributed by atoms with Crippen LogP contribution in [0.3, 0.4) is 0 Å². The lowest BCUT2D eigenvalue weighted by Crippen LogP contribution is -2.28. The quantitative estimate of drug-likeness (QED) is 0.731. The first kappa shape index (κ1) is 12.6. The van der Waals surface area contributed by atoms with Crippen LogP contribution in [0.25, 0.3) is 0 Å². The van der Waals surface area contributed by atoms with Gasteiger partial charge in [0.25, 0.3) is 0 Å². The van der Waals surface area contributed by atoms with Crippen LogP contribution in [0.1, 0.15) is 17.2 Å². The van der Waals surface area contributed by atoms with Crippen molar-refractivity contribution in [3.8, 4) is 18.1 Å². The normalized spacial score (nSPS) is 11.9. The SMILES string of the molecule is C#CCNC(CN)c1ccc(OC)c(C)c1.